The van der Waals surface area contributed by atoms with Crippen LogP contribution < -0.4 is 5.73 Å². The van der Waals surface area contributed by atoms with Gasteiger partial charge in [-0.1, -0.05) is 11.8 Å². The van der Waals surface area contributed by atoms with Crippen LogP contribution in [0.15, 0.2) is 9.65 Å². The molecule has 0 saturated heterocycles. The lowest BCUT2D eigenvalue weighted by Crippen LogP contribution is -2.12. The Labute approximate surface area is 75.6 Å². The molecule has 0 fully saturated rings. The van der Waals surface area contributed by atoms with Crippen molar-refractivity contribution >= 4 is 17.7 Å². The smallest absolute Gasteiger partial charge is 0.273 e. The predicted octanol–water partition coefficient (Wildman–Crippen LogP) is 0.526. The van der Waals surface area contributed by atoms with Gasteiger partial charge in [0.25, 0.3) is 5.91 Å². The molecule has 1 amide bonds. The van der Waals surface area contributed by atoms with Crippen LogP contribution in [0, 0.1) is 0 Å². The summed E-state index contributed by atoms with van der Waals surface area (Å²) in [5.41, 5.74) is 4.65. The van der Waals surface area contributed by atoms with E-state index in [1.807, 2.05) is 0 Å². The van der Waals surface area contributed by atoms with Gasteiger partial charge in [0.2, 0.25) is 12.1 Å². The zero-order valence-electron chi connectivity index (χ0n) is 6.24. The van der Waals surface area contributed by atoms with Crippen LogP contribution in [-0.4, -0.2) is 28.4 Å². The van der Waals surface area contributed by atoms with Crippen LogP contribution in [0.3, 0.4) is 0 Å². The van der Waals surface area contributed by atoms with Crippen molar-refractivity contribution < 1.29 is 18.2 Å². The molecule has 2 N–H and O–H groups in total. The number of nitrogens with zero attached hydrogens (tertiary/aromatic N) is 2. The van der Waals surface area contributed by atoms with Crippen LogP contribution >= 0.6 is 11.8 Å². The van der Waals surface area contributed by atoms with E-state index in [0.717, 1.165) is 0 Å². The van der Waals surface area contributed by atoms with Gasteiger partial charge in [0.1, 0.15) is 0 Å². The maximum absolute atomic E-state index is 11.7. The number of thioether (sulfide) groups is 1. The van der Waals surface area contributed by atoms with Crippen molar-refractivity contribution in [1.82, 2.24) is 10.3 Å². The number of hydrogen-bond acceptors (Lipinski definition) is 5. The monoisotopic (exact) mass is 209 g/mol. The summed E-state index contributed by atoms with van der Waals surface area (Å²) in [6, 6.07) is 0. The van der Waals surface area contributed by atoms with Crippen molar-refractivity contribution in [2.24, 2.45) is 5.73 Å². The molecule has 0 radical (unpaired) electrons. The Kier molecular flexibility index (Phi) is 3.18. The molecule has 8 heteroatoms. The van der Waals surface area contributed by atoms with Gasteiger partial charge >= 0.3 is 0 Å². The fourth-order valence-electron chi connectivity index (χ4n) is 0.568. The van der Waals surface area contributed by atoms with Crippen LogP contribution in [0.1, 0.15) is 10.5 Å². The van der Waals surface area contributed by atoms with Crippen molar-refractivity contribution in [2.45, 2.75) is 11.5 Å². The number of aromatic nitrogens is 2. The van der Waals surface area contributed by atoms with Gasteiger partial charge in [-0.2, -0.15) is 0 Å². The molecule has 1 aromatic rings. The summed E-state index contributed by atoms with van der Waals surface area (Å²) in [6.07, 6.45) is -2.48. The Morgan fingerprint density at radius 1 is 1.62 bits per heavy atom. The summed E-state index contributed by atoms with van der Waals surface area (Å²) >= 11 is 0.672. The minimum atomic E-state index is -2.48. The number of halogens is 2. The second kappa shape index (κ2) is 4.17. The van der Waals surface area contributed by atoms with E-state index in [1.54, 1.807) is 0 Å². The van der Waals surface area contributed by atoms with Crippen LogP contribution in [0.4, 0.5) is 8.78 Å². The van der Waals surface area contributed by atoms with Crippen LogP contribution in [0.5, 0.6) is 0 Å². The fraction of sp³-hybridized carbons (Fsp3) is 0.400. The molecular formula is C5H5F2N3O2S. The van der Waals surface area contributed by atoms with Crippen LogP contribution in [-0.2, 0) is 0 Å². The van der Waals surface area contributed by atoms with Gasteiger partial charge in [-0.15, -0.1) is 0 Å². The van der Waals surface area contributed by atoms with E-state index in [-0.39, 0.29) is 10.7 Å². The van der Waals surface area contributed by atoms with Gasteiger partial charge in [-0.3, -0.25) is 4.79 Å². The second-order valence-electron chi connectivity index (χ2n) is 1.98. The largest absolute Gasteiger partial charge is 0.364 e. The summed E-state index contributed by atoms with van der Waals surface area (Å²) in [4.78, 5) is 10.6. The lowest BCUT2D eigenvalue weighted by Gasteiger charge is -1.95. The molecule has 1 heterocycles. The normalized spacial score (nSPS) is 10.7. The minimum absolute atomic E-state index is 0.00667. The van der Waals surface area contributed by atoms with Gasteiger partial charge in [-0.25, -0.2) is 13.4 Å². The highest BCUT2D eigenvalue weighted by Crippen LogP contribution is 2.20. The first-order chi connectivity index (χ1) is 6.11. The average Bonchev–Trinajstić information content (AvgIpc) is 2.47. The molecule has 0 aromatic carbocycles. The summed E-state index contributed by atoms with van der Waals surface area (Å²) in [7, 11) is 0. The van der Waals surface area contributed by atoms with Crippen molar-refractivity contribution in [3.63, 3.8) is 0 Å². The van der Waals surface area contributed by atoms with Gasteiger partial charge in [0, 0.05) is 0 Å². The third kappa shape index (κ3) is 2.65. The lowest BCUT2D eigenvalue weighted by atomic mass is 10.5. The molecule has 0 aliphatic heterocycles. The molecule has 13 heavy (non-hydrogen) atoms. The number of carbonyl (C=O) groups is 1. The van der Waals surface area contributed by atoms with Crippen molar-refractivity contribution in [1.29, 1.82) is 0 Å². The first-order valence-corrected chi connectivity index (χ1v) is 4.13. The Balaban J connectivity index is 2.65. The highest BCUT2D eigenvalue weighted by Gasteiger charge is 2.17. The Morgan fingerprint density at radius 3 is 2.85 bits per heavy atom. The van der Waals surface area contributed by atoms with Gasteiger partial charge in [-0.05, 0) is 10.3 Å². The van der Waals surface area contributed by atoms with Crippen molar-refractivity contribution in [3.8, 4) is 0 Å². The van der Waals surface area contributed by atoms with E-state index in [9.17, 15) is 13.6 Å². The minimum Gasteiger partial charge on any atom is -0.364 e. The third-order valence-electron chi connectivity index (χ3n) is 1.04. The third-order valence-corrected chi connectivity index (χ3v) is 2.00. The van der Waals surface area contributed by atoms with E-state index < -0.39 is 18.1 Å². The highest BCUT2D eigenvalue weighted by atomic mass is 32.2. The molecule has 0 bridgehead atoms. The summed E-state index contributed by atoms with van der Waals surface area (Å²) in [5.74, 6) is -1.33. The van der Waals surface area contributed by atoms with Crippen molar-refractivity contribution in [2.75, 3.05) is 5.75 Å². The number of alkyl halides is 2. The van der Waals surface area contributed by atoms with Crippen LogP contribution in [0.2, 0.25) is 0 Å². The molecular weight excluding hydrogens is 204 g/mol. The number of hydrogen-bond donors (Lipinski definition) is 1. The zero-order valence-corrected chi connectivity index (χ0v) is 7.05. The number of rotatable bonds is 4. The second-order valence-corrected chi connectivity index (χ2v) is 2.99. The van der Waals surface area contributed by atoms with E-state index in [0.29, 0.717) is 11.8 Å². The maximum atomic E-state index is 11.7. The van der Waals surface area contributed by atoms with Crippen LogP contribution in [0.25, 0.3) is 0 Å². The lowest BCUT2D eigenvalue weighted by molar-refractivity contribution is 0.0988. The maximum Gasteiger partial charge on any atom is 0.273 e. The molecule has 5 nitrogen and oxygen atoms in total. The molecule has 0 aliphatic rings. The number of nitrogens with two attached hydrogens (primary N) is 1. The number of amides is 1. The van der Waals surface area contributed by atoms with E-state index in [1.165, 1.54) is 0 Å². The van der Waals surface area contributed by atoms with Crippen molar-refractivity contribution in [3.05, 3.63) is 5.69 Å². The molecule has 0 spiro atoms. The first kappa shape index (κ1) is 9.90. The topological polar surface area (TPSA) is 82.0 Å². The summed E-state index contributed by atoms with van der Waals surface area (Å²) in [6.45, 7) is 0. The summed E-state index contributed by atoms with van der Waals surface area (Å²) in [5, 5.41) is 6.41. The quantitative estimate of drug-likeness (QED) is 0.731. The Hall–Kier alpha value is -1.18. The molecule has 0 saturated carbocycles. The molecule has 0 unspecified atom stereocenters. The SMILES string of the molecule is NC(=O)c1nonc1SCC(F)F. The standard InChI is InChI=1S/C5H5F2N3O2S/c6-2(7)1-13-5-3(4(8)11)9-12-10-5/h2H,1H2,(H2,8,11). The Morgan fingerprint density at radius 2 is 2.31 bits per heavy atom. The van der Waals surface area contributed by atoms with Gasteiger partial charge in [0.15, 0.2) is 5.03 Å². The number of primary amides is 1. The zero-order chi connectivity index (χ0) is 9.84. The van der Waals surface area contributed by atoms with Gasteiger partial charge < -0.3 is 5.73 Å². The summed E-state index contributed by atoms with van der Waals surface area (Å²) < 4.78 is 27.7. The Bertz CT molecular complexity index is 304. The van der Waals surface area contributed by atoms with E-state index in [2.05, 4.69) is 14.9 Å². The molecule has 1 aromatic heterocycles. The average molecular weight is 209 g/mol. The van der Waals surface area contributed by atoms with E-state index in [4.69, 9.17) is 5.73 Å². The number of carbonyl (C=O) groups excluding carboxylic acids is 1. The fourth-order valence-corrected chi connectivity index (χ4v) is 1.21. The molecule has 72 valence electrons. The molecule has 1 rings (SSSR count). The molecule has 0 aliphatic carbocycles. The predicted molar refractivity (Wildman–Crippen MR) is 39.5 cm³/mol. The van der Waals surface area contributed by atoms with E-state index >= 15 is 0 Å². The van der Waals surface area contributed by atoms with Gasteiger partial charge in [0.05, 0.1) is 5.75 Å². The highest BCUT2D eigenvalue weighted by molar-refractivity contribution is 7.99. The molecule has 0 atom stereocenters. The first-order valence-electron chi connectivity index (χ1n) is 3.14.